The van der Waals surface area contributed by atoms with Gasteiger partial charge in [0.15, 0.2) is 17.6 Å². The van der Waals surface area contributed by atoms with Crippen LogP contribution in [0.2, 0.25) is 0 Å². The van der Waals surface area contributed by atoms with Crippen molar-refractivity contribution in [1.82, 2.24) is 9.97 Å². The first-order valence-electron chi connectivity index (χ1n) is 7.60. The third-order valence-electron chi connectivity index (χ3n) is 3.18. The summed E-state index contributed by atoms with van der Waals surface area (Å²) in [5.74, 6) is 1.50. The summed E-state index contributed by atoms with van der Waals surface area (Å²) in [6.07, 6.45) is 0.599. The van der Waals surface area contributed by atoms with Crippen LogP contribution in [0.1, 0.15) is 19.4 Å². The minimum Gasteiger partial charge on any atom is -0.493 e. The van der Waals surface area contributed by atoms with E-state index in [2.05, 4.69) is 15.3 Å². The molecule has 0 saturated heterocycles. The summed E-state index contributed by atoms with van der Waals surface area (Å²) >= 11 is 0. The van der Waals surface area contributed by atoms with Gasteiger partial charge >= 0.3 is 0 Å². The van der Waals surface area contributed by atoms with Crippen LogP contribution in [0.3, 0.4) is 0 Å². The van der Waals surface area contributed by atoms with E-state index in [4.69, 9.17) is 14.2 Å². The van der Waals surface area contributed by atoms with Crippen molar-refractivity contribution in [2.45, 2.75) is 26.9 Å². The highest BCUT2D eigenvalue weighted by atomic mass is 16.5. The number of ether oxygens (including phenoxy) is 3. The summed E-state index contributed by atoms with van der Waals surface area (Å²) in [6, 6.07) is 7.07. The van der Waals surface area contributed by atoms with Crippen molar-refractivity contribution >= 4 is 11.7 Å². The van der Waals surface area contributed by atoms with Crippen LogP contribution in [0.15, 0.2) is 30.6 Å². The molecule has 1 heterocycles. The third kappa shape index (κ3) is 4.58. The van der Waals surface area contributed by atoms with Crippen LogP contribution in [-0.2, 0) is 4.79 Å². The molecule has 0 aliphatic heterocycles. The molecule has 0 radical (unpaired) electrons. The van der Waals surface area contributed by atoms with E-state index in [0.717, 1.165) is 5.56 Å². The fourth-order valence-corrected chi connectivity index (χ4v) is 1.98. The van der Waals surface area contributed by atoms with Gasteiger partial charge in [0.05, 0.1) is 13.7 Å². The number of hydrogen-bond donors (Lipinski definition) is 1. The Hall–Kier alpha value is -2.83. The average Bonchev–Trinajstić information content (AvgIpc) is 2.57. The molecule has 1 amide bonds. The largest absolute Gasteiger partial charge is 0.493 e. The Morgan fingerprint density at radius 3 is 2.75 bits per heavy atom. The van der Waals surface area contributed by atoms with Gasteiger partial charge in [0.25, 0.3) is 5.91 Å². The van der Waals surface area contributed by atoms with E-state index in [1.165, 1.54) is 6.33 Å². The van der Waals surface area contributed by atoms with Crippen molar-refractivity contribution in [3.05, 3.63) is 36.2 Å². The van der Waals surface area contributed by atoms with Crippen molar-refractivity contribution < 1.29 is 19.0 Å². The number of aromatic nitrogens is 2. The first-order valence-corrected chi connectivity index (χ1v) is 7.60. The number of aryl methyl sites for hydroxylation is 1. The van der Waals surface area contributed by atoms with Crippen LogP contribution in [0.5, 0.6) is 17.4 Å². The first-order chi connectivity index (χ1) is 11.5. The third-order valence-corrected chi connectivity index (χ3v) is 3.18. The second kappa shape index (κ2) is 8.14. The Morgan fingerprint density at radius 1 is 1.25 bits per heavy atom. The van der Waals surface area contributed by atoms with Gasteiger partial charge in [-0.15, -0.1) is 0 Å². The molecular formula is C17H21N3O4. The Bertz CT molecular complexity index is 706. The number of amides is 1. The molecule has 0 spiro atoms. The number of carbonyl (C=O) groups is 1. The molecule has 1 N–H and O–H groups in total. The molecule has 0 bridgehead atoms. The Morgan fingerprint density at radius 2 is 2.04 bits per heavy atom. The molecule has 7 nitrogen and oxygen atoms in total. The van der Waals surface area contributed by atoms with Gasteiger partial charge in [-0.3, -0.25) is 4.79 Å². The summed E-state index contributed by atoms with van der Waals surface area (Å²) in [7, 11) is 1.56. The van der Waals surface area contributed by atoms with E-state index < -0.39 is 6.10 Å². The number of methoxy groups -OCH3 is 1. The maximum atomic E-state index is 12.3. The molecule has 0 aliphatic carbocycles. The molecule has 1 atom stereocenters. The maximum Gasteiger partial charge on any atom is 0.266 e. The molecule has 0 fully saturated rings. The molecule has 0 aliphatic rings. The number of hydrogen-bond acceptors (Lipinski definition) is 6. The molecule has 1 aromatic carbocycles. The van der Waals surface area contributed by atoms with Gasteiger partial charge in [0.1, 0.15) is 12.1 Å². The molecular weight excluding hydrogens is 310 g/mol. The number of benzene rings is 1. The van der Waals surface area contributed by atoms with Crippen LogP contribution in [0.4, 0.5) is 5.82 Å². The van der Waals surface area contributed by atoms with E-state index in [-0.39, 0.29) is 5.91 Å². The fraction of sp³-hybridized carbons (Fsp3) is 0.353. The van der Waals surface area contributed by atoms with Crippen molar-refractivity contribution in [2.75, 3.05) is 19.0 Å². The smallest absolute Gasteiger partial charge is 0.266 e. The minimum atomic E-state index is -0.730. The van der Waals surface area contributed by atoms with Gasteiger partial charge in [-0.05, 0) is 38.5 Å². The molecule has 24 heavy (non-hydrogen) atoms. The summed E-state index contributed by atoms with van der Waals surface area (Å²) in [5, 5.41) is 2.67. The van der Waals surface area contributed by atoms with Gasteiger partial charge in [0.2, 0.25) is 5.88 Å². The predicted molar refractivity (Wildman–Crippen MR) is 89.7 cm³/mol. The van der Waals surface area contributed by atoms with E-state index in [1.54, 1.807) is 26.2 Å². The van der Waals surface area contributed by atoms with Crippen LogP contribution in [-0.4, -0.2) is 35.7 Å². The molecule has 128 valence electrons. The Kier molecular flexibility index (Phi) is 5.95. The Balaban J connectivity index is 2.03. The van der Waals surface area contributed by atoms with E-state index in [1.807, 2.05) is 26.0 Å². The molecule has 2 aromatic rings. The molecule has 7 heteroatoms. The van der Waals surface area contributed by atoms with Crippen molar-refractivity contribution in [1.29, 1.82) is 0 Å². The normalized spacial score (nSPS) is 11.5. The van der Waals surface area contributed by atoms with Crippen LogP contribution in [0.25, 0.3) is 0 Å². The van der Waals surface area contributed by atoms with Crippen LogP contribution < -0.4 is 19.5 Å². The zero-order valence-corrected chi connectivity index (χ0v) is 14.2. The number of nitrogens with one attached hydrogen (secondary N) is 1. The molecule has 2 rings (SSSR count). The SMILES string of the molecule is CCOc1cc(NC(=O)C(C)Oc2ccc(C)cc2OC)ncn1. The van der Waals surface area contributed by atoms with Gasteiger partial charge < -0.3 is 19.5 Å². The molecule has 1 aromatic heterocycles. The summed E-state index contributed by atoms with van der Waals surface area (Å²) in [6.45, 7) is 5.94. The highest BCUT2D eigenvalue weighted by Gasteiger charge is 2.18. The summed E-state index contributed by atoms with van der Waals surface area (Å²) < 4.78 is 16.2. The lowest BCUT2D eigenvalue weighted by Crippen LogP contribution is -2.30. The zero-order valence-electron chi connectivity index (χ0n) is 14.2. The van der Waals surface area contributed by atoms with E-state index in [0.29, 0.717) is 29.8 Å². The van der Waals surface area contributed by atoms with Crippen LogP contribution in [0, 0.1) is 6.92 Å². The lowest BCUT2D eigenvalue weighted by Gasteiger charge is -2.17. The Labute approximate surface area is 141 Å². The molecule has 0 saturated carbocycles. The fourth-order valence-electron chi connectivity index (χ4n) is 1.98. The van der Waals surface area contributed by atoms with E-state index >= 15 is 0 Å². The lowest BCUT2D eigenvalue weighted by atomic mass is 10.2. The van der Waals surface area contributed by atoms with Gasteiger partial charge in [-0.25, -0.2) is 9.97 Å². The highest BCUT2D eigenvalue weighted by Crippen LogP contribution is 2.28. The second-order valence-corrected chi connectivity index (χ2v) is 5.08. The maximum absolute atomic E-state index is 12.3. The van der Waals surface area contributed by atoms with Gasteiger partial charge in [-0.2, -0.15) is 0 Å². The monoisotopic (exact) mass is 331 g/mol. The average molecular weight is 331 g/mol. The van der Waals surface area contributed by atoms with E-state index in [9.17, 15) is 4.79 Å². The predicted octanol–water partition coefficient (Wildman–Crippen LogP) is 2.60. The lowest BCUT2D eigenvalue weighted by molar-refractivity contribution is -0.122. The first kappa shape index (κ1) is 17.5. The minimum absolute atomic E-state index is 0.334. The topological polar surface area (TPSA) is 82.6 Å². The number of nitrogens with zero attached hydrogens (tertiary/aromatic N) is 2. The van der Waals surface area contributed by atoms with Crippen molar-refractivity contribution in [2.24, 2.45) is 0 Å². The van der Waals surface area contributed by atoms with Gasteiger partial charge in [0, 0.05) is 6.07 Å². The van der Waals surface area contributed by atoms with Crippen molar-refractivity contribution in [3.8, 4) is 17.4 Å². The number of rotatable bonds is 7. The summed E-state index contributed by atoms with van der Waals surface area (Å²) in [4.78, 5) is 20.2. The number of carbonyl (C=O) groups excluding carboxylic acids is 1. The van der Waals surface area contributed by atoms with Crippen LogP contribution >= 0.6 is 0 Å². The standard InChI is InChI=1S/C17H21N3O4/c1-5-23-16-9-15(18-10-19-16)20-17(21)12(3)24-13-7-6-11(2)8-14(13)22-4/h6-10,12H,5H2,1-4H3,(H,18,19,20,21). The highest BCUT2D eigenvalue weighted by molar-refractivity contribution is 5.93. The second-order valence-electron chi connectivity index (χ2n) is 5.08. The zero-order chi connectivity index (χ0) is 17.5. The molecule has 1 unspecified atom stereocenters. The summed E-state index contributed by atoms with van der Waals surface area (Å²) in [5.41, 5.74) is 1.04. The quantitative estimate of drug-likeness (QED) is 0.840. The van der Waals surface area contributed by atoms with Crippen molar-refractivity contribution in [3.63, 3.8) is 0 Å². The van der Waals surface area contributed by atoms with Gasteiger partial charge in [-0.1, -0.05) is 6.07 Å². The number of anilines is 1.